The van der Waals surface area contributed by atoms with Crippen LogP contribution in [0.15, 0.2) is 17.8 Å². The number of carbonyl (C=O) groups is 1. The summed E-state index contributed by atoms with van der Waals surface area (Å²) in [5.74, 6) is -0.0254. The lowest BCUT2D eigenvalue weighted by Gasteiger charge is -2.34. The summed E-state index contributed by atoms with van der Waals surface area (Å²) < 4.78 is 7.83. The third kappa shape index (κ3) is 2.21. The summed E-state index contributed by atoms with van der Waals surface area (Å²) in [6.45, 7) is 3.04. The molecule has 0 spiro atoms. The molecule has 1 fully saturated rings. The van der Waals surface area contributed by atoms with E-state index in [0.29, 0.717) is 18.8 Å². The van der Waals surface area contributed by atoms with E-state index in [2.05, 4.69) is 18.6 Å². The van der Waals surface area contributed by atoms with Crippen LogP contribution in [0.25, 0.3) is 0 Å². The Morgan fingerprint density at radius 1 is 1.28 bits per heavy atom. The third-order valence-electron chi connectivity index (χ3n) is 2.84. The second-order valence-electron chi connectivity index (χ2n) is 3.89. The fourth-order valence-corrected chi connectivity index (χ4v) is 3.00. The van der Waals surface area contributed by atoms with Gasteiger partial charge in [0.25, 0.3) is 5.91 Å². The van der Waals surface area contributed by atoms with Gasteiger partial charge in [0.15, 0.2) is 10.8 Å². The second-order valence-corrected chi connectivity index (χ2v) is 5.32. The first-order valence-electron chi connectivity index (χ1n) is 5.56. The van der Waals surface area contributed by atoms with Gasteiger partial charge in [0, 0.05) is 37.8 Å². The number of nitrogens with zero attached hydrogens (tertiary/aromatic N) is 5. The Labute approximate surface area is 112 Å². The molecule has 18 heavy (non-hydrogen) atoms. The topological polar surface area (TPSA) is 62.2 Å². The number of hydrogen-bond donors (Lipinski definition) is 0. The standard InChI is InChI=1S/C10H11N5OS2/c16-9(8-7-12-18-13-8)14-2-4-15(5-3-14)10-11-1-6-17-10/h1,6-7H,2-5H2. The van der Waals surface area contributed by atoms with E-state index in [0.717, 1.165) is 29.9 Å². The van der Waals surface area contributed by atoms with Gasteiger partial charge in [-0.05, 0) is 0 Å². The van der Waals surface area contributed by atoms with E-state index in [4.69, 9.17) is 0 Å². The van der Waals surface area contributed by atoms with Crippen molar-refractivity contribution in [2.24, 2.45) is 0 Å². The minimum absolute atomic E-state index is 0.0254. The largest absolute Gasteiger partial charge is 0.345 e. The van der Waals surface area contributed by atoms with Crippen molar-refractivity contribution in [3.05, 3.63) is 23.5 Å². The molecule has 3 rings (SSSR count). The van der Waals surface area contributed by atoms with Crippen LogP contribution >= 0.6 is 23.1 Å². The number of aromatic nitrogens is 3. The predicted octanol–water partition coefficient (Wildman–Crippen LogP) is 0.957. The normalized spacial score (nSPS) is 16.0. The van der Waals surface area contributed by atoms with Crippen molar-refractivity contribution in [1.82, 2.24) is 18.6 Å². The summed E-state index contributed by atoms with van der Waals surface area (Å²) in [4.78, 5) is 20.4. The van der Waals surface area contributed by atoms with Crippen molar-refractivity contribution in [3.63, 3.8) is 0 Å². The van der Waals surface area contributed by atoms with Crippen LogP contribution in [0, 0.1) is 0 Å². The zero-order valence-corrected chi connectivity index (χ0v) is 11.2. The molecule has 2 aromatic rings. The summed E-state index contributed by atoms with van der Waals surface area (Å²) in [5.41, 5.74) is 0.447. The Kier molecular flexibility index (Phi) is 3.20. The van der Waals surface area contributed by atoms with Crippen molar-refractivity contribution >= 4 is 34.1 Å². The number of carbonyl (C=O) groups excluding carboxylic acids is 1. The lowest BCUT2D eigenvalue weighted by molar-refractivity contribution is 0.0742. The van der Waals surface area contributed by atoms with Crippen molar-refractivity contribution in [1.29, 1.82) is 0 Å². The van der Waals surface area contributed by atoms with Crippen molar-refractivity contribution in [2.45, 2.75) is 0 Å². The smallest absolute Gasteiger partial charge is 0.275 e. The van der Waals surface area contributed by atoms with Gasteiger partial charge in [0.2, 0.25) is 0 Å². The van der Waals surface area contributed by atoms with Gasteiger partial charge in [-0.25, -0.2) is 4.98 Å². The molecule has 8 heteroatoms. The summed E-state index contributed by atoms with van der Waals surface area (Å²) in [7, 11) is 0. The first-order valence-corrected chi connectivity index (χ1v) is 7.17. The maximum absolute atomic E-state index is 12.1. The van der Waals surface area contributed by atoms with Crippen LogP contribution < -0.4 is 4.90 Å². The van der Waals surface area contributed by atoms with Crippen LogP contribution in [-0.2, 0) is 0 Å². The summed E-state index contributed by atoms with van der Waals surface area (Å²) in [6, 6.07) is 0. The minimum atomic E-state index is -0.0254. The number of anilines is 1. The fourth-order valence-electron chi connectivity index (χ4n) is 1.89. The first-order chi connectivity index (χ1) is 8.84. The molecule has 0 unspecified atom stereocenters. The van der Waals surface area contributed by atoms with E-state index < -0.39 is 0 Å². The van der Waals surface area contributed by atoms with Crippen LogP contribution in [0.5, 0.6) is 0 Å². The Hall–Kier alpha value is -1.54. The molecular weight excluding hydrogens is 270 g/mol. The Morgan fingerprint density at radius 3 is 2.72 bits per heavy atom. The molecule has 6 nitrogen and oxygen atoms in total. The van der Waals surface area contributed by atoms with Gasteiger partial charge >= 0.3 is 0 Å². The highest BCUT2D eigenvalue weighted by Gasteiger charge is 2.24. The van der Waals surface area contributed by atoms with Crippen LogP contribution in [0.2, 0.25) is 0 Å². The van der Waals surface area contributed by atoms with E-state index in [9.17, 15) is 4.79 Å². The molecule has 0 radical (unpaired) electrons. The molecule has 1 aliphatic heterocycles. The van der Waals surface area contributed by atoms with Crippen molar-refractivity contribution < 1.29 is 4.79 Å². The molecule has 0 atom stereocenters. The number of hydrogen-bond acceptors (Lipinski definition) is 7. The van der Waals surface area contributed by atoms with Gasteiger partial charge < -0.3 is 9.80 Å². The fraction of sp³-hybridized carbons (Fsp3) is 0.400. The lowest BCUT2D eigenvalue weighted by atomic mass is 10.3. The van der Waals surface area contributed by atoms with E-state index in [1.54, 1.807) is 17.5 Å². The minimum Gasteiger partial charge on any atom is -0.345 e. The number of amides is 1. The van der Waals surface area contributed by atoms with E-state index in [1.807, 2.05) is 10.3 Å². The average Bonchev–Trinajstić information content (AvgIpc) is 3.11. The van der Waals surface area contributed by atoms with Gasteiger partial charge in [0.05, 0.1) is 17.9 Å². The monoisotopic (exact) mass is 281 g/mol. The Balaban J connectivity index is 1.62. The SMILES string of the molecule is O=C(c1cnsn1)N1CCN(c2nccs2)CC1. The molecule has 0 N–H and O–H groups in total. The maximum Gasteiger partial charge on any atom is 0.275 e. The highest BCUT2D eigenvalue weighted by atomic mass is 32.1. The molecule has 1 saturated heterocycles. The molecule has 0 aromatic carbocycles. The van der Waals surface area contributed by atoms with Crippen LogP contribution in [0.3, 0.4) is 0 Å². The average molecular weight is 281 g/mol. The van der Waals surface area contributed by atoms with Crippen LogP contribution in [0.1, 0.15) is 10.5 Å². The van der Waals surface area contributed by atoms with Gasteiger partial charge in [-0.1, -0.05) is 0 Å². The Bertz CT molecular complexity index is 504. The zero-order valence-electron chi connectivity index (χ0n) is 9.52. The predicted molar refractivity (Wildman–Crippen MR) is 70.1 cm³/mol. The second kappa shape index (κ2) is 4.99. The van der Waals surface area contributed by atoms with Crippen molar-refractivity contribution in [2.75, 3.05) is 31.1 Å². The molecule has 0 saturated carbocycles. The molecule has 0 aliphatic carbocycles. The highest BCUT2D eigenvalue weighted by molar-refractivity contribution is 7.13. The van der Waals surface area contributed by atoms with Gasteiger partial charge in [0.1, 0.15) is 0 Å². The quantitative estimate of drug-likeness (QED) is 0.820. The van der Waals surface area contributed by atoms with Crippen LogP contribution in [0.4, 0.5) is 5.13 Å². The van der Waals surface area contributed by atoms with Gasteiger partial charge in [-0.3, -0.25) is 4.79 Å². The molecule has 3 heterocycles. The summed E-state index contributed by atoms with van der Waals surface area (Å²) in [6.07, 6.45) is 3.33. The molecule has 1 amide bonds. The molecular formula is C10H11N5OS2. The molecule has 2 aromatic heterocycles. The zero-order chi connectivity index (χ0) is 12.4. The summed E-state index contributed by atoms with van der Waals surface area (Å²) >= 11 is 2.69. The molecule has 0 bridgehead atoms. The van der Waals surface area contributed by atoms with E-state index in [-0.39, 0.29) is 5.91 Å². The first kappa shape index (κ1) is 11.5. The Morgan fingerprint density at radius 2 is 2.11 bits per heavy atom. The van der Waals surface area contributed by atoms with Gasteiger partial charge in [-0.2, -0.15) is 8.75 Å². The van der Waals surface area contributed by atoms with E-state index >= 15 is 0 Å². The summed E-state index contributed by atoms with van der Waals surface area (Å²) in [5, 5.41) is 2.99. The molecule has 94 valence electrons. The number of thiazole rings is 1. The van der Waals surface area contributed by atoms with Gasteiger partial charge in [-0.15, -0.1) is 11.3 Å². The highest BCUT2D eigenvalue weighted by Crippen LogP contribution is 2.19. The third-order valence-corrected chi connectivity index (χ3v) is 4.15. The van der Waals surface area contributed by atoms with Crippen molar-refractivity contribution in [3.8, 4) is 0 Å². The van der Waals surface area contributed by atoms with Crippen LogP contribution in [-0.4, -0.2) is 50.7 Å². The van der Waals surface area contributed by atoms with E-state index in [1.165, 1.54) is 6.20 Å². The number of piperazine rings is 1. The number of rotatable bonds is 2. The molecule has 1 aliphatic rings. The lowest BCUT2D eigenvalue weighted by Crippen LogP contribution is -2.48. The maximum atomic E-state index is 12.1.